The maximum absolute atomic E-state index is 12.2. The third-order valence-corrected chi connectivity index (χ3v) is 4.56. The van der Waals surface area contributed by atoms with Gasteiger partial charge in [0.1, 0.15) is 5.82 Å². The van der Waals surface area contributed by atoms with Crippen molar-refractivity contribution in [2.24, 2.45) is 0 Å². The van der Waals surface area contributed by atoms with Crippen molar-refractivity contribution in [3.05, 3.63) is 48.3 Å². The largest absolute Gasteiger partial charge is 0.393 e. The lowest BCUT2D eigenvalue weighted by molar-refractivity contribution is 0.102. The smallest absolute Gasteiger partial charge is 0.259 e. The van der Waals surface area contributed by atoms with E-state index in [2.05, 4.69) is 25.7 Å². The number of fused-ring (bicyclic) bond motifs is 1. The van der Waals surface area contributed by atoms with Crippen LogP contribution in [0.5, 0.6) is 0 Å². The molecule has 3 aromatic heterocycles. The molecule has 3 N–H and O–H groups in total. The molecule has 1 fully saturated rings. The summed E-state index contributed by atoms with van der Waals surface area (Å²) in [7, 11) is 0. The molecular formula is C18H20N6O2. The van der Waals surface area contributed by atoms with Crippen molar-refractivity contribution in [1.29, 1.82) is 0 Å². The molecule has 3 aromatic rings. The fourth-order valence-corrected chi connectivity index (χ4v) is 3.17. The van der Waals surface area contributed by atoms with Gasteiger partial charge < -0.3 is 10.4 Å². The van der Waals surface area contributed by atoms with Crippen molar-refractivity contribution in [2.45, 2.75) is 37.8 Å². The van der Waals surface area contributed by atoms with Crippen molar-refractivity contribution < 1.29 is 9.90 Å². The highest BCUT2D eigenvalue weighted by Crippen LogP contribution is 2.22. The van der Waals surface area contributed by atoms with E-state index in [4.69, 9.17) is 0 Å². The van der Waals surface area contributed by atoms with E-state index in [1.165, 1.54) is 6.20 Å². The van der Waals surface area contributed by atoms with E-state index in [1.54, 1.807) is 22.8 Å². The van der Waals surface area contributed by atoms with E-state index in [9.17, 15) is 9.90 Å². The lowest BCUT2D eigenvalue weighted by atomic mass is 9.93. The van der Waals surface area contributed by atoms with Crippen LogP contribution in [0.25, 0.3) is 5.65 Å². The summed E-state index contributed by atoms with van der Waals surface area (Å²) in [6.45, 7) is 0. The summed E-state index contributed by atoms with van der Waals surface area (Å²) in [4.78, 5) is 20.5. The number of nitrogens with zero attached hydrogens (tertiary/aromatic N) is 4. The lowest BCUT2D eigenvalue weighted by Crippen LogP contribution is -2.29. The van der Waals surface area contributed by atoms with E-state index in [1.807, 2.05) is 18.2 Å². The van der Waals surface area contributed by atoms with Gasteiger partial charge in [0.25, 0.3) is 5.91 Å². The van der Waals surface area contributed by atoms with Crippen LogP contribution < -0.4 is 10.6 Å². The van der Waals surface area contributed by atoms with Crippen LogP contribution in [-0.4, -0.2) is 42.7 Å². The Morgan fingerprint density at radius 2 is 2.00 bits per heavy atom. The van der Waals surface area contributed by atoms with Crippen LogP contribution in [0.4, 0.5) is 11.8 Å². The normalized spacial score (nSPS) is 20.0. The van der Waals surface area contributed by atoms with Gasteiger partial charge in [-0.15, -0.1) is 5.10 Å². The SMILES string of the molecule is O=C(Nc1nc2cccc(N[C@H]3CC[C@H](O)CC3)n2n1)c1cccnc1. The first-order chi connectivity index (χ1) is 12.7. The quantitative estimate of drug-likeness (QED) is 0.664. The fourth-order valence-electron chi connectivity index (χ4n) is 3.17. The number of carbonyl (C=O) groups is 1. The fraction of sp³-hybridized carbons (Fsp3) is 0.333. The van der Waals surface area contributed by atoms with E-state index in [0.29, 0.717) is 17.3 Å². The first-order valence-corrected chi connectivity index (χ1v) is 8.71. The predicted molar refractivity (Wildman–Crippen MR) is 97.1 cm³/mol. The molecule has 4 rings (SSSR count). The summed E-state index contributed by atoms with van der Waals surface area (Å²) in [6.07, 6.45) is 6.35. The van der Waals surface area contributed by atoms with E-state index >= 15 is 0 Å². The van der Waals surface area contributed by atoms with Gasteiger partial charge in [0.15, 0.2) is 5.65 Å². The molecule has 0 spiro atoms. The molecule has 0 aliphatic heterocycles. The number of aromatic nitrogens is 4. The average Bonchev–Trinajstić information content (AvgIpc) is 3.08. The minimum absolute atomic E-state index is 0.190. The summed E-state index contributed by atoms with van der Waals surface area (Å²) in [5.41, 5.74) is 1.10. The minimum Gasteiger partial charge on any atom is -0.393 e. The molecule has 1 aliphatic carbocycles. The Morgan fingerprint density at radius 3 is 2.77 bits per heavy atom. The second-order valence-corrected chi connectivity index (χ2v) is 6.46. The number of pyridine rings is 2. The lowest BCUT2D eigenvalue weighted by Gasteiger charge is -2.26. The number of hydrogen-bond donors (Lipinski definition) is 3. The molecule has 0 radical (unpaired) electrons. The summed E-state index contributed by atoms with van der Waals surface area (Å²) in [5, 5.41) is 20.2. The van der Waals surface area contributed by atoms with Crippen molar-refractivity contribution in [1.82, 2.24) is 19.6 Å². The molecule has 26 heavy (non-hydrogen) atoms. The van der Waals surface area contributed by atoms with Crippen molar-refractivity contribution in [2.75, 3.05) is 10.6 Å². The Balaban J connectivity index is 1.53. The second-order valence-electron chi connectivity index (χ2n) is 6.46. The molecule has 0 unspecified atom stereocenters. The van der Waals surface area contributed by atoms with Crippen LogP contribution in [0.15, 0.2) is 42.7 Å². The van der Waals surface area contributed by atoms with Crippen molar-refractivity contribution in [3.8, 4) is 0 Å². The number of aliphatic hydroxyl groups is 1. The monoisotopic (exact) mass is 352 g/mol. The molecule has 0 aromatic carbocycles. The Labute approximate surface area is 150 Å². The van der Waals surface area contributed by atoms with Gasteiger partial charge in [0.05, 0.1) is 11.7 Å². The van der Waals surface area contributed by atoms with E-state index in [0.717, 1.165) is 31.5 Å². The number of hydrogen-bond acceptors (Lipinski definition) is 6. The Bertz CT molecular complexity index is 902. The van der Waals surface area contributed by atoms with Crippen LogP contribution >= 0.6 is 0 Å². The third kappa shape index (κ3) is 3.50. The maximum Gasteiger partial charge on any atom is 0.259 e. The number of nitrogens with one attached hydrogen (secondary N) is 2. The summed E-state index contributed by atoms with van der Waals surface area (Å²) in [6, 6.07) is 9.35. The van der Waals surface area contributed by atoms with Gasteiger partial charge >= 0.3 is 0 Å². The second kappa shape index (κ2) is 7.09. The number of rotatable bonds is 4. The van der Waals surface area contributed by atoms with Gasteiger partial charge in [0, 0.05) is 18.4 Å². The third-order valence-electron chi connectivity index (χ3n) is 4.56. The zero-order valence-corrected chi connectivity index (χ0v) is 14.2. The zero-order chi connectivity index (χ0) is 17.9. The molecule has 1 amide bonds. The number of carbonyl (C=O) groups excluding carboxylic acids is 1. The first kappa shape index (κ1) is 16.5. The maximum atomic E-state index is 12.2. The molecule has 1 saturated carbocycles. The average molecular weight is 352 g/mol. The highest BCUT2D eigenvalue weighted by Gasteiger charge is 2.20. The van der Waals surface area contributed by atoms with Crippen molar-refractivity contribution >= 4 is 23.3 Å². The molecule has 8 nitrogen and oxygen atoms in total. The Kier molecular flexibility index (Phi) is 4.49. The number of anilines is 2. The molecule has 1 aliphatic rings. The van der Waals surface area contributed by atoms with Gasteiger partial charge in [-0.3, -0.25) is 15.1 Å². The van der Waals surface area contributed by atoms with Gasteiger partial charge in [-0.1, -0.05) is 6.07 Å². The Hall–Kier alpha value is -3.00. The number of aliphatic hydroxyl groups excluding tert-OH is 1. The van der Waals surface area contributed by atoms with Crippen LogP contribution in [0.1, 0.15) is 36.0 Å². The van der Waals surface area contributed by atoms with Gasteiger partial charge in [-0.05, 0) is 49.9 Å². The zero-order valence-electron chi connectivity index (χ0n) is 14.2. The predicted octanol–water partition coefficient (Wildman–Crippen LogP) is 2.09. The van der Waals surface area contributed by atoms with Crippen LogP contribution in [0.3, 0.4) is 0 Å². The first-order valence-electron chi connectivity index (χ1n) is 8.71. The highest BCUT2D eigenvalue weighted by atomic mass is 16.3. The van der Waals surface area contributed by atoms with Crippen LogP contribution in [-0.2, 0) is 0 Å². The van der Waals surface area contributed by atoms with E-state index < -0.39 is 0 Å². The summed E-state index contributed by atoms with van der Waals surface area (Å²) in [5.74, 6) is 0.759. The topological polar surface area (TPSA) is 104 Å². The Morgan fingerprint density at radius 1 is 1.15 bits per heavy atom. The van der Waals surface area contributed by atoms with Crippen LogP contribution in [0.2, 0.25) is 0 Å². The number of amides is 1. The molecule has 0 atom stereocenters. The van der Waals surface area contributed by atoms with Crippen LogP contribution in [0, 0.1) is 0 Å². The molecule has 0 saturated heterocycles. The highest BCUT2D eigenvalue weighted by molar-refractivity contribution is 6.03. The summed E-state index contributed by atoms with van der Waals surface area (Å²) < 4.78 is 1.68. The molecule has 134 valence electrons. The molecular weight excluding hydrogens is 332 g/mol. The van der Waals surface area contributed by atoms with Gasteiger partial charge in [0.2, 0.25) is 5.95 Å². The molecule has 8 heteroatoms. The van der Waals surface area contributed by atoms with E-state index in [-0.39, 0.29) is 18.0 Å². The molecule has 3 heterocycles. The summed E-state index contributed by atoms with van der Waals surface area (Å²) >= 11 is 0. The van der Waals surface area contributed by atoms with Gasteiger partial charge in [-0.2, -0.15) is 9.50 Å². The molecule has 0 bridgehead atoms. The standard InChI is InChI=1S/C18H20N6O2/c25-14-8-6-13(7-9-14)20-15-4-1-5-16-21-18(23-24(15)16)22-17(26)12-3-2-10-19-11-12/h1-5,10-11,13-14,20,25H,6-9H2,(H,22,23,26)/t13-,14-. The minimum atomic E-state index is -0.301. The van der Waals surface area contributed by atoms with Gasteiger partial charge in [-0.25, -0.2) is 0 Å². The van der Waals surface area contributed by atoms with Crippen molar-refractivity contribution in [3.63, 3.8) is 0 Å².